The molecule has 1 unspecified atom stereocenters. The Hall–Kier alpha value is -1.60. The van der Waals surface area contributed by atoms with Gasteiger partial charge in [0.05, 0.1) is 4.90 Å². The minimum Gasteiger partial charge on any atom is -0.356 e. The summed E-state index contributed by atoms with van der Waals surface area (Å²) in [5.41, 5.74) is 0. The first-order chi connectivity index (χ1) is 9.99. The van der Waals surface area contributed by atoms with Gasteiger partial charge in [0.2, 0.25) is 15.9 Å². The maximum Gasteiger partial charge on any atom is 0.242 e. The Kier molecular flexibility index (Phi) is 5.19. The summed E-state index contributed by atoms with van der Waals surface area (Å²) >= 11 is 0. The number of nitrogens with zero attached hydrogens (tertiary/aromatic N) is 1. The topological polar surface area (TPSA) is 80.2 Å². The average molecular weight is 311 g/mol. The highest BCUT2D eigenvalue weighted by Gasteiger charge is 2.18. The number of carbonyl (C=O) groups excluding carboxylic acids is 1. The van der Waals surface area contributed by atoms with Gasteiger partial charge in [0, 0.05) is 38.4 Å². The zero-order chi connectivity index (χ0) is 15.3. The van der Waals surface area contributed by atoms with Gasteiger partial charge in [0.1, 0.15) is 0 Å². The summed E-state index contributed by atoms with van der Waals surface area (Å²) in [7, 11) is -1.73. The van der Waals surface area contributed by atoms with Crippen LogP contribution in [0, 0.1) is 5.92 Å². The lowest BCUT2D eigenvalue weighted by Crippen LogP contribution is -2.37. The van der Waals surface area contributed by atoms with Crippen LogP contribution in [0.4, 0.5) is 0 Å². The van der Waals surface area contributed by atoms with E-state index in [1.165, 1.54) is 12.3 Å². The van der Waals surface area contributed by atoms with Crippen molar-refractivity contribution in [1.82, 2.24) is 14.6 Å². The van der Waals surface area contributed by atoms with Gasteiger partial charge in [-0.25, -0.2) is 13.1 Å². The first kappa shape index (κ1) is 15.8. The number of hydrogen-bond acceptors (Lipinski definition) is 3. The van der Waals surface area contributed by atoms with Crippen molar-refractivity contribution in [1.29, 1.82) is 0 Å². The number of allylic oxidation sites excluding steroid dienone is 2. The Morgan fingerprint density at radius 2 is 2.19 bits per heavy atom. The highest BCUT2D eigenvalue weighted by atomic mass is 32.2. The van der Waals surface area contributed by atoms with Crippen LogP contribution in [0.15, 0.2) is 35.5 Å². The average Bonchev–Trinajstić information content (AvgIpc) is 2.92. The molecule has 2 N–H and O–H groups in total. The zero-order valence-electron chi connectivity index (χ0n) is 12.1. The van der Waals surface area contributed by atoms with E-state index >= 15 is 0 Å². The summed E-state index contributed by atoms with van der Waals surface area (Å²) in [5.74, 6) is 0.0130. The van der Waals surface area contributed by atoms with E-state index in [1.807, 2.05) is 6.08 Å². The van der Waals surface area contributed by atoms with E-state index in [0.717, 1.165) is 19.3 Å². The molecule has 0 saturated carbocycles. The van der Waals surface area contributed by atoms with Crippen LogP contribution in [0.2, 0.25) is 0 Å². The van der Waals surface area contributed by atoms with Gasteiger partial charge in [-0.05, 0) is 25.3 Å². The van der Waals surface area contributed by atoms with E-state index in [1.54, 1.807) is 17.8 Å². The molecule has 2 rings (SSSR count). The second-order valence-corrected chi connectivity index (χ2v) is 6.95. The molecule has 0 aromatic carbocycles. The molecule has 1 atom stereocenters. The molecule has 1 heterocycles. The standard InChI is InChI=1S/C14H21N3O3S/c1-17-10-7-13(11-17)21(19,20)16-9-8-15-14(18)12-5-3-2-4-6-12/h2-3,7,10-12,16H,4-6,8-9H2,1H3,(H,15,18). The summed E-state index contributed by atoms with van der Waals surface area (Å²) in [5, 5.41) is 2.78. The summed E-state index contributed by atoms with van der Waals surface area (Å²) in [6.07, 6.45) is 9.87. The number of hydrogen-bond donors (Lipinski definition) is 2. The molecular weight excluding hydrogens is 290 g/mol. The number of amides is 1. The van der Waals surface area contributed by atoms with Gasteiger partial charge in [0.25, 0.3) is 0 Å². The SMILES string of the molecule is Cn1ccc(S(=O)(=O)NCCNC(=O)C2CC=CCC2)c1. The van der Waals surface area contributed by atoms with Gasteiger partial charge in [-0.2, -0.15) is 0 Å². The summed E-state index contributed by atoms with van der Waals surface area (Å²) in [6.45, 7) is 0.483. The molecule has 0 radical (unpaired) electrons. The maximum atomic E-state index is 11.9. The molecule has 0 bridgehead atoms. The van der Waals surface area contributed by atoms with Crippen LogP contribution in [-0.2, 0) is 21.9 Å². The van der Waals surface area contributed by atoms with Gasteiger partial charge in [-0.1, -0.05) is 12.2 Å². The molecule has 0 fully saturated rings. The monoisotopic (exact) mass is 311 g/mol. The van der Waals surface area contributed by atoms with Crippen LogP contribution in [0.5, 0.6) is 0 Å². The number of nitrogens with one attached hydrogen (secondary N) is 2. The number of sulfonamides is 1. The number of carbonyl (C=O) groups is 1. The smallest absolute Gasteiger partial charge is 0.242 e. The van der Waals surface area contributed by atoms with Gasteiger partial charge >= 0.3 is 0 Å². The van der Waals surface area contributed by atoms with Crippen LogP contribution in [0.3, 0.4) is 0 Å². The van der Waals surface area contributed by atoms with Crippen molar-refractivity contribution in [2.24, 2.45) is 13.0 Å². The molecule has 21 heavy (non-hydrogen) atoms. The van der Waals surface area contributed by atoms with Crippen molar-refractivity contribution in [3.63, 3.8) is 0 Å². The Balaban J connectivity index is 1.74. The second-order valence-electron chi connectivity index (χ2n) is 5.18. The number of aromatic nitrogens is 1. The van der Waals surface area contributed by atoms with Crippen molar-refractivity contribution >= 4 is 15.9 Å². The third-order valence-electron chi connectivity index (χ3n) is 3.47. The molecule has 6 nitrogen and oxygen atoms in total. The van der Waals surface area contributed by atoms with Gasteiger partial charge in [-0.3, -0.25) is 4.79 Å². The van der Waals surface area contributed by atoms with E-state index < -0.39 is 10.0 Å². The fourth-order valence-corrected chi connectivity index (χ4v) is 3.35. The molecule has 0 spiro atoms. The highest BCUT2D eigenvalue weighted by molar-refractivity contribution is 7.89. The molecule has 116 valence electrons. The van der Waals surface area contributed by atoms with Crippen LogP contribution >= 0.6 is 0 Å². The lowest BCUT2D eigenvalue weighted by atomic mass is 9.94. The first-order valence-electron chi connectivity index (χ1n) is 7.03. The predicted octanol–water partition coefficient (Wildman–Crippen LogP) is 0.776. The summed E-state index contributed by atoms with van der Waals surface area (Å²) in [4.78, 5) is 12.1. The van der Waals surface area contributed by atoms with Crippen molar-refractivity contribution in [3.8, 4) is 0 Å². The van der Waals surface area contributed by atoms with E-state index in [0.29, 0.717) is 6.54 Å². The Morgan fingerprint density at radius 3 is 2.81 bits per heavy atom. The van der Waals surface area contributed by atoms with E-state index in [9.17, 15) is 13.2 Å². The molecule has 1 amide bonds. The van der Waals surface area contributed by atoms with E-state index in [4.69, 9.17) is 0 Å². The largest absolute Gasteiger partial charge is 0.356 e. The van der Waals surface area contributed by atoms with Crippen molar-refractivity contribution in [3.05, 3.63) is 30.6 Å². The zero-order valence-corrected chi connectivity index (χ0v) is 12.9. The first-order valence-corrected chi connectivity index (χ1v) is 8.52. The fraction of sp³-hybridized carbons (Fsp3) is 0.500. The molecule has 1 aliphatic rings. The summed E-state index contributed by atoms with van der Waals surface area (Å²) in [6, 6.07) is 1.54. The molecule has 7 heteroatoms. The lowest BCUT2D eigenvalue weighted by Gasteiger charge is -2.17. The van der Waals surface area contributed by atoms with Gasteiger partial charge < -0.3 is 9.88 Å². The summed E-state index contributed by atoms with van der Waals surface area (Å²) < 4.78 is 28.0. The Bertz CT molecular complexity index is 619. The predicted molar refractivity (Wildman–Crippen MR) is 80.1 cm³/mol. The Morgan fingerprint density at radius 1 is 1.38 bits per heavy atom. The maximum absolute atomic E-state index is 11.9. The van der Waals surface area contributed by atoms with Crippen molar-refractivity contribution < 1.29 is 13.2 Å². The molecule has 1 aromatic rings. The Labute approximate surface area is 125 Å². The molecule has 1 aromatic heterocycles. The molecule has 0 aliphatic heterocycles. The lowest BCUT2D eigenvalue weighted by molar-refractivity contribution is -0.125. The minimum atomic E-state index is -3.50. The van der Waals surface area contributed by atoms with Gasteiger partial charge in [0.15, 0.2) is 0 Å². The normalized spacial score (nSPS) is 18.6. The molecular formula is C14H21N3O3S. The van der Waals surface area contributed by atoms with Crippen molar-refractivity contribution in [2.45, 2.75) is 24.2 Å². The molecule has 1 aliphatic carbocycles. The van der Waals surface area contributed by atoms with Gasteiger partial charge in [-0.15, -0.1) is 0 Å². The minimum absolute atomic E-state index is 0.00161. The third-order valence-corrected chi connectivity index (χ3v) is 4.92. The van der Waals surface area contributed by atoms with Crippen LogP contribution < -0.4 is 10.0 Å². The van der Waals surface area contributed by atoms with E-state index in [2.05, 4.69) is 16.1 Å². The second kappa shape index (κ2) is 6.91. The van der Waals surface area contributed by atoms with Crippen molar-refractivity contribution in [2.75, 3.05) is 13.1 Å². The number of rotatable bonds is 6. The van der Waals surface area contributed by atoms with Crippen LogP contribution in [0.25, 0.3) is 0 Å². The third kappa shape index (κ3) is 4.44. The highest BCUT2D eigenvalue weighted by Crippen LogP contribution is 2.17. The fourth-order valence-electron chi connectivity index (χ4n) is 2.27. The quantitative estimate of drug-likeness (QED) is 0.602. The molecule has 0 saturated heterocycles. The van der Waals surface area contributed by atoms with Crippen LogP contribution in [0.1, 0.15) is 19.3 Å². The number of aryl methyl sites for hydroxylation is 1. The van der Waals surface area contributed by atoms with E-state index in [-0.39, 0.29) is 23.3 Å². The van der Waals surface area contributed by atoms with Crippen LogP contribution in [-0.4, -0.2) is 32.0 Å².